The largest absolute Gasteiger partial charge is 0.479 e. The molecular weight excluding hydrogens is 346 g/mol. The number of aryl methyl sites for hydroxylation is 2. The molecule has 2 N–H and O–H groups in total. The third-order valence-electron chi connectivity index (χ3n) is 4.45. The Morgan fingerprint density at radius 1 is 1.22 bits per heavy atom. The highest BCUT2D eigenvalue weighted by Gasteiger charge is 2.16. The Morgan fingerprint density at radius 2 is 2.00 bits per heavy atom. The summed E-state index contributed by atoms with van der Waals surface area (Å²) in [6.45, 7) is 5.01. The van der Waals surface area contributed by atoms with Crippen molar-refractivity contribution < 1.29 is 9.53 Å². The van der Waals surface area contributed by atoms with E-state index in [1.165, 1.54) is 26.4 Å². The molecule has 9 nitrogen and oxygen atoms in total. The number of methoxy groups -OCH3 is 1. The Bertz CT molecular complexity index is 784. The van der Waals surface area contributed by atoms with Crippen LogP contribution in [0.4, 0.5) is 11.8 Å². The van der Waals surface area contributed by atoms with Crippen LogP contribution in [0.1, 0.15) is 35.3 Å². The summed E-state index contributed by atoms with van der Waals surface area (Å²) < 4.78 is 6.66. The number of ether oxygens (including phenoxy) is 1. The van der Waals surface area contributed by atoms with E-state index in [0.717, 1.165) is 24.6 Å². The number of hydrogen-bond acceptors (Lipinski definition) is 7. The van der Waals surface area contributed by atoms with Crippen LogP contribution in [-0.4, -0.2) is 58.9 Å². The van der Waals surface area contributed by atoms with Crippen molar-refractivity contribution >= 4 is 17.7 Å². The Kier molecular flexibility index (Phi) is 6.10. The number of anilines is 2. The van der Waals surface area contributed by atoms with Crippen LogP contribution in [0.15, 0.2) is 12.3 Å². The van der Waals surface area contributed by atoms with Gasteiger partial charge in [-0.05, 0) is 26.2 Å². The molecule has 9 heteroatoms. The molecule has 27 heavy (non-hydrogen) atoms. The number of carbonyl (C=O) groups is 1. The average molecular weight is 373 g/mol. The van der Waals surface area contributed by atoms with Crippen LogP contribution in [0.3, 0.4) is 0 Å². The molecule has 0 unspecified atom stereocenters. The fourth-order valence-corrected chi connectivity index (χ4v) is 3.14. The molecule has 1 amide bonds. The van der Waals surface area contributed by atoms with Crippen molar-refractivity contribution in [3.63, 3.8) is 0 Å². The molecule has 0 spiro atoms. The van der Waals surface area contributed by atoms with Crippen molar-refractivity contribution in [2.24, 2.45) is 7.05 Å². The summed E-state index contributed by atoms with van der Waals surface area (Å²) >= 11 is 0. The maximum Gasteiger partial charge on any atom is 0.258 e. The summed E-state index contributed by atoms with van der Waals surface area (Å²) in [6.07, 6.45) is 5.33. The fraction of sp³-hybridized carbons (Fsp3) is 0.556. The topological polar surface area (TPSA) is 97.2 Å². The molecule has 146 valence electrons. The van der Waals surface area contributed by atoms with Crippen molar-refractivity contribution in [1.29, 1.82) is 0 Å². The van der Waals surface area contributed by atoms with Gasteiger partial charge in [-0.25, -0.2) is 4.98 Å². The van der Waals surface area contributed by atoms with Crippen LogP contribution in [0.25, 0.3) is 0 Å². The summed E-state index contributed by atoms with van der Waals surface area (Å²) in [7, 11) is 3.24. The molecule has 1 fully saturated rings. The average Bonchev–Trinajstić information content (AvgIpc) is 3.06. The molecule has 1 saturated heterocycles. The lowest BCUT2D eigenvalue weighted by atomic mass is 10.1. The molecule has 2 aromatic heterocycles. The molecule has 0 atom stereocenters. The van der Waals surface area contributed by atoms with Crippen LogP contribution in [0, 0.1) is 6.92 Å². The molecule has 1 aliphatic rings. The lowest BCUT2D eigenvalue weighted by molar-refractivity contribution is 0.0952. The maximum atomic E-state index is 12.3. The molecule has 0 aromatic carbocycles. The number of hydrogen-bond donors (Lipinski definition) is 2. The second-order valence-corrected chi connectivity index (χ2v) is 6.65. The number of nitrogens with zero attached hydrogens (tertiary/aromatic N) is 5. The summed E-state index contributed by atoms with van der Waals surface area (Å²) in [6, 6.07) is 2.02. The first-order chi connectivity index (χ1) is 13.1. The van der Waals surface area contributed by atoms with Crippen molar-refractivity contribution in [1.82, 2.24) is 25.1 Å². The van der Waals surface area contributed by atoms with Gasteiger partial charge in [0, 0.05) is 51.2 Å². The number of rotatable bonds is 7. The second kappa shape index (κ2) is 8.70. The number of nitrogens with one attached hydrogen (secondary N) is 2. The maximum absolute atomic E-state index is 12.3. The predicted octanol–water partition coefficient (Wildman–Crippen LogP) is 1.36. The van der Waals surface area contributed by atoms with Gasteiger partial charge < -0.3 is 20.3 Å². The van der Waals surface area contributed by atoms with E-state index >= 15 is 0 Å². The summed E-state index contributed by atoms with van der Waals surface area (Å²) in [5.74, 6) is 1.65. The van der Waals surface area contributed by atoms with Gasteiger partial charge in [0.2, 0.25) is 11.8 Å². The Labute approximate surface area is 159 Å². The van der Waals surface area contributed by atoms with Crippen molar-refractivity contribution in [3.05, 3.63) is 23.5 Å². The fourth-order valence-electron chi connectivity index (χ4n) is 3.14. The number of piperidine rings is 1. The van der Waals surface area contributed by atoms with Crippen LogP contribution in [-0.2, 0) is 7.05 Å². The van der Waals surface area contributed by atoms with Crippen LogP contribution in [0.5, 0.6) is 5.88 Å². The van der Waals surface area contributed by atoms with Gasteiger partial charge in [0.25, 0.3) is 5.91 Å². The molecule has 3 rings (SSSR count). The van der Waals surface area contributed by atoms with Gasteiger partial charge in [-0.15, -0.1) is 5.10 Å². The highest BCUT2D eigenvalue weighted by atomic mass is 16.5. The van der Waals surface area contributed by atoms with Crippen molar-refractivity contribution in [2.75, 3.05) is 43.5 Å². The van der Waals surface area contributed by atoms with Crippen molar-refractivity contribution in [3.8, 4) is 5.88 Å². The van der Waals surface area contributed by atoms with E-state index in [-0.39, 0.29) is 5.91 Å². The lowest BCUT2D eigenvalue weighted by Crippen LogP contribution is -2.31. The zero-order valence-electron chi connectivity index (χ0n) is 16.2. The highest BCUT2D eigenvalue weighted by Crippen LogP contribution is 2.19. The van der Waals surface area contributed by atoms with Crippen LogP contribution >= 0.6 is 0 Å². The van der Waals surface area contributed by atoms with Gasteiger partial charge in [0.1, 0.15) is 11.4 Å². The van der Waals surface area contributed by atoms with E-state index in [4.69, 9.17) is 4.74 Å². The molecule has 0 radical (unpaired) electrons. The number of amides is 1. The first-order valence-electron chi connectivity index (χ1n) is 9.27. The Balaban J connectivity index is 1.52. The summed E-state index contributed by atoms with van der Waals surface area (Å²) in [5, 5.41) is 10.1. The molecule has 1 aliphatic heterocycles. The minimum absolute atomic E-state index is 0.221. The SMILES string of the molecule is COc1nn(C)cc1C(=O)NCCNc1nc(C)cc(N2CCCCC2)n1. The molecule has 2 aromatic rings. The van der Waals surface area contributed by atoms with Gasteiger partial charge in [0.05, 0.1) is 7.11 Å². The third kappa shape index (κ3) is 4.87. The lowest BCUT2D eigenvalue weighted by Gasteiger charge is -2.28. The van der Waals surface area contributed by atoms with E-state index < -0.39 is 0 Å². The quantitative estimate of drug-likeness (QED) is 0.707. The highest BCUT2D eigenvalue weighted by molar-refractivity contribution is 5.96. The Morgan fingerprint density at radius 3 is 2.74 bits per heavy atom. The summed E-state index contributed by atoms with van der Waals surface area (Å²) in [4.78, 5) is 23.6. The van der Waals surface area contributed by atoms with E-state index in [0.29, 0.717) is 30.5 Å². The van der Waals surface area contributed by atoms with Crippen LogP contribution in [0.2, 0.25) is 0 Å². The normalized spacial score (nSPS) is 14.1. The van der Waals surface area contributed by atoms with E-state index in [9.17, 15) is 4.79 Å². The standard InChI is InChI=1S/C18H27N7O2/c1-13-11-15(25-9-5-4-6-10-25)22-18(21-13)20-8-7-19-16(26)14-12-24(2)23-17(14)27-3/h11-12H,4-10H2,1-3H3,(H,19,26)(H,20,21,22). The molecule has 0 bridgehead atoms. The molecule has 3 heterocycles. The number of carbonyl (C=O) groups excluding carboxylic acids is 1. The van der Waals surface area contributed by atoms with Gasteiger partial charge in [-0.1, -0.05) is 0 Å². The smallest absolute Gasteiger partial charge is 0.258 e. The van der Waals surface area contributed by atoms with Crippen molar-refractivity contribution in [2.45, 2.75) is 26.2 Å². The molecule has 0 aliphatic carbocycles. The Hall–Kier alpha value is -2.84. The number of aromatic nitrogens is 4. The first-order valence-corrected chi connectivity index (χ1v) is 9.27. The zero-order chi connectivity index (χ0) is 19.2. The predicted molar refractivity (Wildman–Crippen MR) is 103 cm³/mol. The van der Waals surface area contributed by atoms with Gasteiger partial charge in [0.15, 0.2) is 0 Å². The zero-order valence-corrected chi connectivity index (χ0v) is 16.2. The summed E-state index contributed by atoms with van der Waals surface area (Å²) in [5.41, 5.74) is 1.34. The van der Waals surface area contributed by atoms with Gasteiger partial charge in [-0.3, -0.25) is 9.48 Å². The first kappa shape index (κ1) is 18.9. The third-order valence-corrected chi connectivity index (χ3v) is 4.45. The van der Waals surface area contributed by atoms with Crippen LogP contribution < -0.4 is 20.3 Å². The second-order valence-electron chi connectivity index (χ2n) is 6.65. The minimum Gasteiger partial charge on any atom is -0.479 e. The van der Waals surface area contributed by atoms with Gasteiger partial charge in [-0.2, -0.15) is 4.98 Å². The van der Waals surface area contributed by atoms with E-state index in [1.807, 2.05) is 13.0 Å². The monoisotopic (exact) mass is 373 g/mol. The molecular formula is C18H27N7O2. The van der Waals surface area contributed by atoms with E-state index in [1.54, 1.807) is 17.9 Å². The van der Waals surface area contributed by atoms with E-state index in [2.05, 4.69) is 30.6 Å². The van der Waals surface area contributed by atoms with Gasteiger partial charge >= 0.3 is 0 Å². The minimum atomic E-state index is -0.221. The molecule has 0 saturated carbocycles.